The Bertz CT molecular complexity index is 938. The molecule has 0 saturated heterocycles. The summed E-state index contributed by atoms with van der Waals surface area (Å²) in [4.78, 5) is 11.9. The maximum atomic E-state index is 12.8. The lowest BCUT2D eigenvalue weighted by atomic mass is 10.0. The molecule has 1 N–H and O–H groups in total. The zero-order valence-corrected chi connectivity index (χ0v) is 14.9. The SMILES string of the molecule is CCS(=O)(=O)c1c(CC(F)(F)F)ccc(C(=O)Nc2nnnn2C)c1C. The predicted molar refractivity (Wildman–Crippen MR) is 85.4 cm³/mol. The molecule has 0 bridgehead atoms. The van der Waals surface area contributed by atoms with Crippen LogP contribution in [0.5, 0.6) is 0 Å². The van der Waals surface area contributed by atoms with Crippen LogP contribution in [0.3, 0.4) is 0 Å². The number of tetrazole rings is 1. The highest BCUT2D eigenvalue weighted by molar-refractivity contribution is 7.91. The topological polar surface area (TPSA) is 107 Å². The summed E-state index contributed by atoms with van der Waals surface area (Å²) < 4.78 is 64.3. The van der Waals surface area contributed by atoms with Gasteiger partial charge in [0.25, 0.3) is 5.91 Å². The number of halogens is 3. The van der Waals surface area contributed by atoms with Gasteiger partial charge in [0.05, 0.1) is 17.1 Å². The summed E-state index contributed by atoms with van der Waals surface area (Å²) in [5.74, 6) is -1.11. The molecule has 0 aliphatic heterocycles. The molecular weight excluding hydrogens is 375 g/mol. The van der Waals surface area contributed by atoms with Crippen molar-refractivity contribution >= 4 is 21.7 Å². The molecule has 1 amide bonds. The van der Waals surface area contributed by atoms with E-state index in [1.807, 2.05) is 0 Å². The van der Waals surface area contributed by atoms with Crippen molar-refractivity contribution in [2.75, 3.05) is 11.1 Å². The normalized spacial score (nSPS) is 12.2. The van der Waals surface area contributed by atoms with Crippen LogP contribution in [0.25, 0.3) is 0 Å². The Balaban J connectivity index is 2.54. The van der Waals surface area contributed by atoms with Crippen LogP contribution < -0.4 is 5.32 Å². The van der Waals surface area contributed by atoms with Crippen LogP contribution in [0.2, 0.25) is 0 Å². The highest BCUT2D eigenvalue weighted by Crippen LogP contribution is 2.30. The molecule has 0 aliphatic rings. The van der Waals surface area contributed by atoms with E-state index in [0.717, 1.165) is 12.1 Å². The van der Waals surface area contributed by atoms with Gasteiger partial charge in [-0.3, -0.25) is 10.1 Å². The van der Waals surface area contributed by atoms with E-state index in [1.165, 1.54) is 25.6 Å². The predicted octanol–water partition coefficient (Wildman–Crippen LogP) is 1.67. The highest BCUT2D eigenvalue weighted by Gasteiger charge is 2.33. The number of alkyl halides is 3. The first kappa shape index (κ1) is 19.8. The molecule has 2 rings (SSSR count). The van der Waals surface area contributed by atoms with E-state index in [1.54, 1.807) is 0 Å². The zero-order valence-electron chi connectivity index (χ0n) is 14.1. The fourth-order valence-electron chi connectivity index (χ4n) is 2.43. The number of hydrogen-bond acceptors (Lipinski definition) is 6. The monoisotopic (exact) mass is 391 g/mol. The molecular formula is C14H16F3N5O3S. The first-order valence-electron chi connectivity index (χ1n) is 7.42. The maximum absolute atomic E-state index is 12.8. The molecule has 1 heterocycles. The van der Waals surface area contributed by atoms with E-state index in [9.17, 15) is 26.4 Å². The van der Waals surface area contributed by atoms with Crippen molar-refractivity contribution in [3.8, 4) is 0 Å². The standard InChI is InChI=1S/C14H16F3N5O3S/c1-4-26(24,25)11-8(2)10(6-5-9(11)7-14(15,16)17)12(23)18-13-19-20-21-22(13)3/h5-6H,4,7H2,1-3H3,(H,18,19,21,23). The Morgan fingerprint density at radius 1 is 1.31 bits per heavy atom. The lowest BCUT2D eigenvalue weighted by Gasteiger charge is -2.17. The van der Waals surface area contributed by atoms with Crippen LogP contribution >= 0.6 is 0 Å². The second-order valence-electron chi connectivity index (χ2n) is 5.50. The van der Waals surface area contributed by atoms with Crippen LogP contribution in [-0.2, 0) is 23.3 Å². The minimum Gasteiger partial charge on any atom is -0.289 e. The number of sulfone groups is 1. The molecule has 12 heteroatoms. The zero-order chi connectivity index (χ0) is 19.7. The molecule has 0 atom stereocenters. The van der Waals surface area contributed by atoms with Crippen LogP contribution in [-0.4, -0.2) is 46.5 Å². The summed E-state index contributed by atoms with van der Waals surface area (Å²) in [5.41, 5.74) is -0.527. The second-order valence-corrected chi connectivity index (χ2v) is 7.72. The summed E-state index contributed by atoms with van der Waals surface area (Å²) in [6.07, 6.45) is -5.99. The van der Waals surface area contributed by atoms with Crippen molar-refractivity contribution in [1.29, 1.82) is 0 Å². The minimum atomic E-state index is -4.58. The van der Waals surface area contributed by atoms with E-state index in [-0.39, 0.29) is 17.1 Å². The van der Waals surface area contributed by atoms with Gasteiger partial charge in [-0.2, -0.15) is 13.2 Å². The Kier molecular flexibility index (Phi) is 5.35. The van der Waals surface area contributed by atoms with Crippen LogP contribution in [0.1, 0.15) is 28.4 Å². The number of carbonyl (C=O) groups is 1. The number of rotatable bonds is 5. The Morgan fingerprint density at radius 3 is 2.46 bits per heavy atom. The van der Waals surface area contributed by atoms with Gasteiger partial charge < -0.3 is 0 Å². The molecule has 0 saturated carbocycles. The molecule has 1 aromatic carbocycles. The quantitative estimate of drug-likeness (QED) is 0.831. The Morgan fingerprint density at radius 2 is 1.96 bits per heavy atom. The molecule has 0 fully saturated rings. The van der Waals surface area contributed by atoms with E-state index in [4.69, 9.17) is 0 Å². The van der Waals surface area contributed by atoms with Crippen molar-refractivity contribution in [2.24, 2.45) is 7.05 Å². The van der Waals surface area contributed by atoms with Crippen LogP contribution in [0, 0.1) is 6.92 Å². The Labute approximate surface area is 147 Å². The molecule has 2 aromatic rings. The third-order valence-electron chi connectivity index (χ3n) is 3.66. The van der Waals surface area contributed by atoms with E-state index in [0.29, 0.717) is 0 Å². The van der Waals surface area contributed by atoms with Gasteiger partial charge in [0, 0.05) is 12.6 Å². The van der Waals surface area contributed by atoms with Crippen LogP contribution in [0.4, 0.5) is 19.1 Å². The lowest BCUT2D eigenvalue weighted by Crippen LogP contribution is -2.21. The van der Waals surface area contributed by atoms with Crippen molar-refractivity contribution in [3.63, 3.8) is 0 Å². The molecule has 0 radical (unpaired) electrons. The first-order valence-corrected chi connectivity index (χ1v) is 9.07. The number of amides is 1. The number of nitrogens with zero attached hydrogens (tertiary/aromatic N) is 4. The number of anilines is 1. The fraction of sp³-hybridized carbons (Fsp3) is 0.429. The average Bonchev–Trinajstić information content (AvgIpc) is 2.90. The summed E-state index contributed by atoms with van der Waals surface area (Å²) in [6, 6.07) is 2.16. The number of nitrogens with one attached hydrogen (secondary N) is 1. The average molecular weight is 391 g/mol. The lowest BCUT2D eigenvalue weighted by molar-refractivity contribution is -0.127. The molecule has 1 aromatic heterocycles. The third kappa shape index (κ3) is 4.18. The van der Waals surface area contributed by atoms with E-state index < -0.39 is 44.6 Å². The van der Waals surface area contributed by atoms with E-state index >= 15 is 0 Å². The van der Waals surface area contributed by atoms with Crippen molar-refractivity contribution < 1.29 is 26.4 Å². The van der Waals surface area contributed by atoms with Gasteiger partial charge in [0.15, 0.2) is 9.84 Å². The van der Waals surface area contributed by atoms with Gasteiger partial charge in [-0.25, -0.2) is 13.1 Å². The van der Waals surface area contributed by atoms with Gasteiger partial charge in [-0.1, -0.05) is 18.1 Å². The van der Waals surface area contributed by atoms with Crippen molar-refractivity contribution in [2.45, 2.75) is 31.3 Å². The summed E-state index contributed by atoms with van der Waals surface area (Å²) in [6.45, 7) is 2.62. The molecule has 142 valence electrons. The van der Waals surface area contributed by atoms with Crippen LogP contribution in [0.15, 0.2) is 17.0 Å². The molecule has 0 unspecified atom stereocenters. The van der Waals surface area contributed by atoms with Gasteiger partial charge in [0.1, 0.15) is 0 Å². The first-order chi connectivity index (χ1) is 12.0. The molecule has 0 aliphatic carbocycles. The Hall–Kier alpha value is -2.50. The summed E-state index contributed by atoms with van der Waals surface area (Å²) in [5, 5.41) is 12.8. The number of hydrogen-bond donors (Lipinski definition) is 1. The smallest absolute Gasteiger partial charge is 0.289 e. The second kappa shape index (κ2) is 7.02. The number of benzene rings is 1. The van der Waals surface area contributed by atoms with Gasteiger partial charge in [-0.05, 0) is 34.5 Å². The van der Waals surface area contributed by atoms with Crippen molar-refractivity contribution in [1.82, 2.24) is 20.2 Å². The van der Waals surface area contributed by atoms with E-state index in [2.05, 4.69) is 20.8 Å². The number of aromatic nitrogens is 4. The highest BCUT2D eigenvalue weighted by atomic mass is 32.2. The molecule has 8 nitrogen and oxygen atoms in total. The molecule has 0 spiro atoms. The minimum absolute atomic E-state index is 0.00802. The number of aryl methyl sites for hydroxylation is 1. The summed E-state index contributed by atoms with van der Waals surface area (Å²) in [7, 11) is -2.51. The fourth-order valence-corrected chi connectivity index (χ4v) is 3.84. The van der Waals surface area contributed by atoms with Gasteiger partial charge >= 0.3 is 6.18 Å². The van der Waals surface area contributed by atoms with Crippen molar-refractivity contribution in [3.05, 3.63) is 28.8 Å². The maximum Gasteiger partial charge on any atom is 0.393 e. The number of carbonyl (C=O) groups excluding carboxylic acids is 1. The van der Waals surface area contributed by atoms with Gasteiger partial charge in [-0.15, -0.1) is 0 Å². The molecule has 26 heavy (non-hydrogen) atoms. The van der Waals surface area contributed by atoms with Gasteiger partial charge in [0.2, 0.25) is 5.95 Å². The summed E-state index contributed by atoms with van der Waals surface area (Å²) >= 11 is 0. The third-order valence-corrected chi connectivity index (χ3v) is 5.61. The largest absolute Gasteiger partial charge is 0.393 e.